The number of amides is 1. The van der Waals surface area contributed by atoms with Crippen LogP contribution in [-0.4, -0.2) is 44.2 Å². The van der Waals surface area contributed by atoms with Gasteiger partial charge in [0.25, 0.3) is 0 Å². The predicted octanol–water partition coefficient (Wildman–Crippen LogP) is 1.94. The lowest BCUT2D eigenvalue weighted by Crippen LogP contribution is -2.45. The lowest BCUT2D eigenvalue weighted by molar-refractivity contribution is -0.129. The third-order valence-corrected chi connectivity index (χ3v) is 5.26. The summed E-state index contributed by atoms with van der Waals surface area (Å²) < 4.78 is 1.99. The molecule has 1 aromatic rings. The van der Waals surface area contributed by atoms with Gasteiger partial charge in [-0.2, -0.15) is 5.10 Å². The molecule has 130 valence electrons. The highest BCUT2D eigenvalue weighted by atomic mass is 16.2. The summed E-state index contributed by atoms with van der Waals surface area (Å²) in [7, 11) is 0. The molecule has 2 aliphatic carbocycles. The number of carbonyl (C=O) groups excluding carboxylic acids is 1. The van der Waals surface area contributed by atoms with Crippen molar-refractivity contribution < 1.29 is 4.79 Å². The highest BCUT2D eigenvalue weighted by Crippen LogP contribution is 2.33. The van der Waals surface area contributed by atoms with Crippen molar-refractivity contribution in [1.29, 1.82) is 0 Å². The molecule has 24 heavy (non-hydrogen) atoms. The molecule has 1 N–H and O–H groups in total. The third-order valence-electron chi connectivity index (χ3n) is 5.26. The van der Waals surface area contributed by atoms with E-state index >= 15 is 0 Å². The monoisotopic (exact) mass is 329 g/mol. The van der Waals surface area contributed by atoms with Crippen molar-refractivity contribution in [2.24, 2.45) is 0 Å². The summed E-state index contributed by atoms with van der Waals surface area (Å²) in [4.78, 5) is 19.3. The first kappa shape index (κ1) is 15.8. The van der Waals surface area contributed by atoms with E-state index in [-0.39, 0.29) is 5.91 Å². The van der Waals surface area contributed by atoms with Crippen LogP contribution in [0.5, 0.6) is 0 Å². The molecular formula is C18H27N5O. The van der Waals surface area contributed by atoms with E-state index in [2.05, 4.69) is 26.4 Å². The molecule has 4 rings (SSSR count). The number of aryl methyl sites for hydroxylation is 2. The Hall–Kier alpha value is -1.69. The maximum Gasteiger partial charge on any atom is 0.240 e. The Morgan fingerprint density at radius 2 is 2.21 bits per heavy atom. The van der Waals surface area contributed by atoms with Gasteiger partial charge in [0, 0.05) is 24.2 Å². The van der Waals surface area contributed by atoms with Crippen molar-refractivity contribution in [2.75, 3.05) is 6.54 Å². The maximum absolute atomic E-state index is 12.8. The average Bonchev–Trinajstić information content (AvgIpc) is 3.34. The first-order valence-electron chi connectivity index (χ1n) is 9.35. The van der Waals surface area contributed by atoms with Gasteiger partial charge in [-0.15, -0.1) is 0 Å². The zero-order valence-electron chi connectivity index (χ0n) is 14.5. The van der Waals surface area contributed by atoms with E-state index in [4.69, 9.17) is 0 Å². The van der Waals surface area contributed by atoms with Gasteiger partial charge in [-0.1, -0.05) is 6.08 Å². The van der Waals surface area contributed by atoms with Crippen LogP contribution in [0.1, 0.15) is 56.6 Å². The van der Waals surface area contributed by atoms with Gasteiger partial charge < -0.3 is 10.2 Å². The first-order chi connectivity index (χ1) is 11.7. The highest BCUT2D eigenvalue weighted by molar-refractivity contribution is 5.80. The van der Waals surface area contributed by atoms with Crippen molar-refractivity contribution in [3.63, 3.8) is 0 Å². The summed E-state index contributed by atoms with van der Waals surface area (Å²) in [5, 5.41) is 7.90. The summed E-state index contributed by atoms with van der Waals surface area (Å²) in [6, 6.07) is 0.767. The van der Waals surface area contributed by atoms with Gasteiger partial charge in [-0.05, 0) is 51.9 Å². The molecule has 1 fully saturated rings. The van der Waals surface area contributed by atoms with Gasteiger partial charge in [0.15, 0.2) is 0 Å². The van der Waals surface area contributed by atoms with E-state index in [1.54, 1.807) is 0 Å². The van der Waals surface area contributed by atoms with Crippen LogP contribution >= 0.6 is 0 Å². The van der Waals surface area contributed by atoms with Gasteiger partial charge in [-0.3, -0.25) is 4.79 Å². The standard InChI is InChI=1S/C18H27N5O/c1-13-20-17-10-7-14(12-22(17)21-13)19-11-18(24)23(16-8-9-16)15-5-3-2-4-6-15/h5,14,16,19H,2-4,6-12H2,1H3. The number of rotatable bonds is 5. The molecule has 0 aromatic carbocycles. The minimum absolute atomic E-state index is 0.242. The van der Waals surface area contributed by atoms with Crippen molar-refractivity contribution in [1.82, 2.24) is 25.0 Å². The number of nitrogens with zero attached hydrogens (tertiary/aromatic N) is 4. The molecule has 3 aliphatic rings. The molecule has 1 saturated carbocycles. The SMILES string of the molecule is Cc1nc2n(n1)CC(NCC(=O)N(C1=CCCCC1)C1CC1)CC2. The Bertz CT molecular complexity index is 646. The lowest BCUT2D eigenvalue weighted by atomic mass is 10.0. The molecule has 1 amide bonds. The molecule has 1 aliphatic heterocycles. The summed E-state index contributed by atoms with van der Waals surface area (Å²) in [6.07, 6.45) is 11.2. The van der Waals surface area contributed by atoms with Crippen LogP contribution in [0.2, 0.25) is 0 Å². The van der Waals surface area contributed by atoms with Crippen LogP contribution in [-0.2, 0) is 17.8 Å². The van der Waals surface area contributed by atoms with Gasteiger partial charge in [0.05, 0.1) is 13.1 Å². The zero-order valence-corrected chi connectivity index (χ0v) is 14.5. The summed E-state index contributed by atoms with van der Waals surface area (Å²) >= 11 is 0. The quantitative estimate of drug-likeness (QED) is 0.897. The fourth-order valence-electron chi connectivity index (χ4n) is 3.89. The number of allylic oxidation sites excluding steroid dienone is 2. The van der Waals surface area contributed by atoms with Gasteiger partial charge in [-0.25, -0.2) is 9.67 Å². The highest BCUT2D eigenvalue weighted by Gasteiger charge is 2.35. The van der Waals surface area contributed by atoms with Gasteiger partial charge in [0.1, 0.15) is 11.6 Å². The predicted molar refractivity (Wildman–Crippen MR) is 91.3 cm³/mol. The van der Waals surface area contributed by atoms with E-state index in [9.17, 15) is 4.79 Å². The molecule has 1 unspecified atom stereocenters. The fraction of sp³-hybridized carbons (Fsp3) is 0.722. The van der Waals surface area contributed by atoms with Crippen molar-refractivity contribution >= 4 is 5.91 Å². The van der Waals surface area contributed by atoms with Crippen molar-refractivity contribution in [3.05, 3.63) is 23.4 Å². The molecule has 0 saturated heterocycles. The Kier molecular flexibility index (Phi) is 4.39. The molecule has 0 bridgehead atoms. The lowest BCUT2D eigenvalue weighted by Gasteiger charge is -2.29. The number of fused-ring (bicyclic) bond motifs is 1. The maximum atomic E-state index is 12.8. The van der Waals surface area contributed by atoms with Crippen molar-refractivity contribution in [2.45, 2.75) is 76.9 Å². The Balaban J connectivity index is 1.35. The van der Waals surface area contributed by atoms with Crippen LogP contribution < -0.4 is 5.32 Å². The molecule has 0 spiro atoms. The zero-order chi connectivity index (χ0) is 16.5. The molecule has 6 nitrogen and oxygen atoms in total. The van der Waals surface area contributed by atoms with Crippen LogP contribution in [0.3, 0.4) is 0 Å². The fourth-order valence-corrected chi connectivity index (χ4v) is 3.89. The second-order valence-corrected chi connectivity index (χ2v) is 7.31. The number of carbonyl (C=O) groups is 1. The van der Waals surface area contributed by atoms with Crippen LogP contribution in [0.15, 0.2) is 11.8 Å². The molecule has 1 atom stereocenters. The average molecular weight is 329 g/mol. The number of hydrogen-bond donors (Lipinski definition) is 1. The first-order valence-corrected chi connectivity index (χ1v) is 9.35. The minimum Gasteiger partial charge on any atom is -0.312 e. The second-order valence-electron chi connectivity index (χ2n) is 7.31. The van der Waals surface area contributed by atoms with E-state index < -0.39 is 0 Å². The molecule has 0 radical (unpaired) electrons. The van der Waals surface area contributed by atoms with Gasteiger partial charge in [0.2, 0.25) is 5.91 Å². The summed E-state index contributed by atoms with van der Waals surface area (Å²) in [5.41, 5.74) is 1.27. The normalized spacial score (nSPS) is 23.5. The van der Waals surface area contributed by atoms with Crippen LogP contribution in [0.4, 0.5) is 0 Å². The van der Waals surface area contributed by atoms with Crippen molar-refractivity contribution in [3.8, 4) is 0 Å². The summed E-state index contributed by atoms with van der Waals surface area (Å²) in [5.74, 6) is 2.15. The topological polar surface area (TPSA) is 63.1 Å². The second kappa shape index (κ2) is 6.67. The smallest absolute Gasteiger partial charge is 0.240 e. The van der Waals surface area contributed by atoms with Gasteiger partial charge >= 0.3 is 0 Å². The Morgan fingerprint density at radius 1 is 1.33 bits per heavy atom. The molecule has 1 aromatic heterocycles. The van der Waals surface area contributed by atoms with Crippen LogP contribution in [0.25, 0.3) is 0 Å². The largest absolute Gasteiger partial charge is 0.312 e. The molecule has 6 heteroatoms. The third kappa shape index (κ3) is 3.38. The van der Waals surface area contributed by atoms with E-state index in [0.29, 0.717) is 18.6 Å². The Labute approximate surface area is 143 Å². The van der Waals surface area contributed by atoms with E-state index in [1.807, 2.05) is 11.6 Å². The number of nitrogens with one attached hydrogen (secondary N) is 1. The minimum atomic E-state index is 0.242. The number of hydrogen-bond acceptors (Lipinski definition) is 4. The van der Waals surface area contributed by atoms with E-state index in [1.165, 1.54) is 18.5 Å². The van der Waals surface area contributed by atoms with E-state index in [0.717, 1.165) is 56.7 Å². The summed E-state index contributed by atoms with van der Waals surface area (Å²) in [6.45, 7) is 3.18. The molecule has 2 heterocycles. The number of aromatic nitrogens is 3. The Morgan fingerprint density at radius 3 is 2.96 bits per heavy atom. The molecular weight excluding hydrogens is 302 g/mol. The van der Waals surface area contributed by atoms with Crippen LogP contribution in [0, 0.1) is 6.92 Å².